The van der Waals surface area contributed by atoms with Gasteiger partial charge in [-0.2, -0.15) is 8.42 Å². The molecule has 26 heavy (non-hydrogen) atoms. The van der Waals surface area contributed by atoms with Crippen molar-refractivity contribution in [3.63, 3.8) is 0 Å². The second kappa shape index (κ2) is 7.72. The molecule has 0 fully saturated rings. The van der Waals surface area contributed by atoms with Crippen LogP contribution in [0.4, 0.5) is 5.69 Å². The van der Waals surface area contributed by atoms with Gasteiger partial charge in [-0.15, -0.1) is 0 Å². The Morgan fingerprint density at radius 3 is 2.31 bits per heavy atom. The van der Waals surface area contributed by atoms with Crippen molar-refractivity contribution in [3.8, 4) is 5.75 Å². The molecule has 0 aromatic heterocycles. The summed E-state index contributed by atoms with van der Waals surface area (Å²) >= 11 is 6.08. The zero-order valence-electron chi connectivity index (χ0n) is 14.0. The highest BCUT2D eigenvalue weighted by Crippen LogP contribution is 2.22. The molecule has 3 aromatic rings. The Balaban J connectivity index is 1.72. The molecule has 0 bridgehead atoms. The third-order valence-electron chi connectivity index (χ3n) is 3.64. The number of hydrogen-bond acceptors (Lipinski definition) is 4. The van der Waals surface area contributed by atoms with Gasteiger partial charge in [0.25, 0.3) is 0 Å². The van der Waals surface area contributed by atoms with Gasteiger partial charge in [0.2, 0.25) is 0 Å². The van der Waals surface area contributed by atoms with E-state index >= 15 is 0 Å². The van der Waals surface area contributed by atoms with Gasteiger partial charge in [0.1, 0.15) is 10.6 Å². The first-order chi connectivity index (χ1) is 12.4. The number of aryl methyl sites for hydroxylation is 1. The van der Waals surface area contributed by atoms with Crippen LogP contribution >= 0.6 is 11.6 Å². The maximum atomic E-state index is 12.2. The zero-order chi connectivity index (χ0) is 18.6. The fraction of sp³-hybridized carbons (Fsp3) is 0.0500. The highest BCUT2D eigenvalue weighted by Gasteiger charge is 2.15. The Morgan fingerprint density at radius 2 is 1.65 bits per heavy atom. The quantitative estimate of drug-likeness (QED) is 0.450. The summed E-state index contributed by atoms with van der Waals surface area (Å²) in [6.45, 7) is 1.93. The molecule has 0 saturated carbocycles. The van der Waals surface area contributed by atoms with Crippen LogP contribution in [0.2, 0.25) is 5.02 Å². The fourth-order valence-electron chi connectivity index (χ4n) is 2.18. The van der Waals surface area contributed by atoms with E-state index in [0.717, 1.165) is 16.8 Å². The molecule has 0 N–H and O–H groups in total. The molecule has 0 aliphatic carbocycles. The Morgan fingerprint density at radius 1 is 0.962 bits per heavy atom. The van der Waals surface area contributed by atoms with Crippen LogP contribution in [0.15, 0.2) is 82.7 Å². The summed E-state index contributed by atoms with van der Waals surface area (Å²) in [5, 5.41) is 0.662. The van der Waals surface area contributed by atoms with Crippen molar-refractivity contribution >= 4 is 33.6 Å². The summed E-state index contributed by atoms with van der Waals surface area (Å²) in [5.74, 6) is 0.240. The average Bonchev–Trinajstić information content (AvgIpc) is 2.64. The molecule has 0 amide bonds. The predicted octanol–water partition coefficient (Wildman–Crippen LogP) is 5.17. The van der Waals surface area contributed by atoms with E-state index in [2.05, 4.69) is 4.99 Å². The summed E-state index contributed by atoms with van der Waals surface area (Å²) in [6, 6.07) is 20.2. The third-order valence-corrected chi connectivity index (χ3v) is 5.30. The van der Waals surface area contributed by atoms with Crippen LogP contribution in [0.5, 0.6) is 5.75 Å². The van der Waals surface area contributed by atoms with Crippen LogP contribution < -0.4 is 4.18 Å². The smallest absolute Gasteiger partial charge is 0.339 e. The standard InChI is InChI=1S/C20H16ClNO3S/c1-15-7-10-17(13-20(15)21)22-14-16-8-11-18(12-9-16)25-26(23,24)19-5-3-2-4-6-19/h2-14H,1H3. The predicted molar refractivity (Wildman–Crippen MR) is 104 cm³/mol. The van der Waals surface area contributed by atoms with Crippen LogP contribution in [0.3, 0.4) is 0 Å². The molecule has 0 unspecified atom stereocenters. The molecule has 0 saturated heterocycles. The van der Waals surface area contributed by atoms with Gasteiger partial charge >= 0.3 is 10.1 Å². The van der Waals surface area contributed by atoms with E-state index in [-0.39, 0.29) is 10.6 Å². The molecule has 132 valence electrons. The largest absolute Gasteiger partial charge is 0.379 e. The molecule has 3 rings (SSSR count). The molecular weight excluding hydrogens is 370 g/mol. The number of hydrogen-bond donors (Lipinski definition) is 0. The summed E-state index contributed by atoms with van der Waals surface area (Å²) in [6.07, 6.45) is 1.68. The van der Waals surface area contributed by atoms with E-state index in [1.54, 1.807) is 54.7 Å². The first kappa shape index (κ1) is 18.2. The molecule has 3 aromatic carbocycles. The van der Waals surface area contributed by atoms with Crippen LogP contribution in [-0.2, 0) is 10.1 Å². The minimum absolute atomic E-state index is 0.113. The Hall–Kier alpha value is -2.63. The second-order valence-electron chi connectivity index (χ2n) is 5.61. The number of benzene rings is 3. The molecule has 4 nitrogen and oxygen atoms in total. The van der Waals surface area contributed by atoms with Crippen molar-refractivity contribution < 1.29 is 12.6 Å². The normalized spacial score (nSPS) is 11.6. The van der Waals surface area contributed by atoms with E-state index in [1.807, 2.05) is 19.1 Å². The lowest BCUT2D eigenvalue weighted by Crippen LogP contribution is -2.09. The van der Waals surface area contributed by atoms with Crippen molar-refractivity contribution in [2.45, 2.75) is 11.8 Å². The van der Waals surface area contributed by atoms with Crippen LogP contribution in [-0.4, -0.2) is 14.6 Å². The highest BCUT2D eigenvalue weighted by atomic mass is 35.5. The van der Waals surface area contributed by atoms with Crippen LogP contribution in [0.1, 0.15) is 11.1 Å². The van der Waals surface area contributed by atoms with Gasteiger partial charge in [-0.25, -0.2) is 0 Å². The number of aliphatic imine (C=N–C) groups is 1. The monoisotopic (exact) mass is 385 g/mol. The lowest BCUT2D eigenvalue weighted by molar-refractivity contribution is 0.486. The lowest BCUT2D eigenvalue weighted by Gasteiger charge is -2.07. The summed E-state index contributed by atoms with van der Waals surface area (Å²) in [4.78, 5) is 4.47. The first-order valence-electron chi connectivity index (χ1n) is 7.84. The lowest BCUT2D eigenvalue weighted by atomic mass is 10.2. The first-order valence-corrected chi connectivity index (χ1v) is 9.62. The van der Waals surface area contributed by atoms with Gasteiger partial charge in [0.05, 0.1) is 5.69 Å². The van der Waals surface area contributed by atoms with Gasteiger partial charge < -0.3 is 4.18 Å². The van der Waals surface area contributed by atoms with Gasteiger partial charge in [-0.05, 0) is 66.6 Å². The van der Waals surface area contributed by atoms with Crippen molar-refractivity contribution in [1.82, 2.24) is 0 Å². The molecule has 0 aliphatic rings. The van der Waals surface area contributed by atoms with E-state index in [1.165, 1.54) is 12.1 Å². The summed E-state index contributed by atoms with van der Waals surface area (Å²) < 4.78 is 29.5. The van der Waals surface area contributed by atoms with Gasteiger partial charge in [0.15, 0.2) is 0 Å². The van der Waals surface area contributed by atoms with Gasteiger partial charge in [-0.1, -0.05) is 35.9 Å². The molecule has 0 atom stereocenters. The number of halogens is 1. The van der Waals surface area contributed by atoms with Crippen molar-refractivity contribution in [2.75, 3.05) is 0 Å². The van der Waals surface area contributed by atoms with Gasteiger partial charge in [0, 0.05) is 11.2 Å². The fourth-order valence-corrected chi connectivity index (χ4v) is 3.31. The maximum absolute atomic E-state index is 12.2. The van der Waals surface area contributed by atoms with E-state index in [0.29, 0.717) is 5.02 Å². The zero-order valence-corrected chi connectivity index (χ0v) is 15.5. The Bertz CT molecular complexity index is 1030. The minimum atomic E-state index is -3.84. The third kappa shape index (κ3) is 4.50. The minimum Gasteiger partial charge on any atom is -0.379 e. The van der Waals surface area contributed by atoms with Crippen molar-refractivity contribution in [2.24, 2.45) is 4.99 Å². The summed E-state index contributed by atoms with van der Waals surface area (Å²) in [5.41, 5.74) is 2.55. The molecule has 6 heteroatoms. The average molecular weight is 386 g/mol. The van der Waals surface area contributed by atoms with Crippen molar-refractivity contribution in [3.05, 3.63) is 88.9 Å². The maximum Gasteiger partial charge on any atom is 0.339 e. The van der Waals surface area contributed by atoms with Crippen LogP contribution in [0.25, 0.3) is 0 Å². The summed E-state index contributed by atoms with van der Waals surface area (Å²) in [7, 11) is -3.84. The van der Waals surface area contributed by atoms with Gasteiger partial charge in [-0.3, -0.25) is 4.99 Å². The highest BCUT2D eigenvalue weighted by molar-refractivity contribution is 7.87. The van der Waals surface area contributed by atoms with E-state index in [4.69, 9.17) is 15.8 Å². The number of nitrogens with zero attached hydrogens (tertiary/aromatic N) is 1. The number of rotatable bonds is 5. The van der Waals surface area contributed by atoms with E-state index < -0.39 is 10.1 Å². The molecule has 0 radical (unpaired) electrons. The van der Waals surface area contributed by atoms with Crippen LogP contribution in [0, 0.1) is 6.92 Å². The topological polar surface area (TPSA) is 55.7 Å². The Kier molecular flexibility index (Phi) is 5.40. The SMILES string of the molecule is Cc1ccc(N=Cc2ccc(OS(=O)(=O)c3ccccc3)cc2)cc1Cl. The van der Waals surface area contributed by atoms with Crippen molar-refractivity contribution in [1.29, 1.82) is 0 Å². The molecular formula is C20H16ClNO3S. The molecule has 0 aliphatic heterocycles. The molecule has 0 heterocycles. The molecule has 0 spiro atoms. The Labute approximate surface area is 157 Å². The second-order valence-corrected chi connectivity index (χ2v) is 7.56. The van der Waals surface area contributed by atoms with E-state index in [9.17, 15) is 8.42 Å².